The number of aliphatic carboxylic acids is 1. The molecule has 180 valence electrons. The summed E-state index contributed by atoms with van der Waals surface area (Å²) in [7, 11) is 1.25. The number of aromatic nitrogens is 6. The Kier molecular flexibility index (Phi) is 5.77. The summed E-state index contributed by atoms with van der Waals surface area (Å²) in [5.74, 6) is -2.26. The van der Waals surface area contributed by atoms with E-state index in [1.54, 1.807) is 27.7 Å². The fourth-order valence-electron chi connectivity index (χ4n) is 3.73. The topological polar surface area (TPSA) is 194 Å². The predicted molar refractivity (Wildman–Crippen MR) is 121 cm³/mol. The van der Waals surface area contributed by atoms with Crippen molar-refractivity contribution in [1.82, 2.24) is 34.3 Å². The van der Waals surface area contributed by atoms with E-state index in [9.17, 15) is 19.5 Å². The number of anilines is 1. The molecule has 0 aliphatic carbocycles. The van der Waals surface area contributed by atoms with Gasteiger partial charge in [-0.05, 0) is 6.07 Å². The van der Waals surface area contributed by atoms with Crippen LogP contribution >= 0.6 is 23.3 Å². The van der Waals surface area contributed by atoms with Crippen LogP contribution in [-0.2, 0) is 25.8 Å². The van der Waals surface area contributed by atoms with Crippen molar-refractivity contribution in [3.8, 4) is 0 Å². The molecule has 2 aliphatic heterocycles. The van der Waals surface area contributed by atoms with Gasteiger partial charge in [-0.25, -0.2) is 9.31 Å². The molecule has 3 aromatic heterocycles. The quantitative estimate of drug-likeness (QED) is 0.139. The summed E-state index contributed by atoms with van der Waals surface area (Å²) in [4.78, 5) is 47.7. The van der Waals surface area contributed by atoms with E-state index in [4.69, 9.17) is 10.6 Å². The van der Waals surface area contributed by atoms with Crippen LogP contribution in [0.15, 0.2) is 41.2 Å². The Morgan fingerprint density at radius 1 is 1.46 bits per heavy atom. The van der Waals surface area contributed by atoms with Crippen LogP contribution in [0.3, 0.4) is 0 Å². The SMILES string of the molecule is CO/N=C(\C(=O)NC1C(=O)N2C(C(=O)O)=C(C[n+]3cc4ccnn4cn3)CSC12)c1nsc(N)n1. The summed E-state index contributed by atoms with van der Waals surface area (Å²) in [6.45, 7) is 0.172. The number of nitrogens with zero attached hydrogens (tertiary/aromatic N) is 8. The van der Waals surface area contributed by atoms with E-state index in [0.717, 1.165) is 17.0 Å². The second kappa shape index (κ2) is 8.91. The number of hydrogen-bond acceptors (Lipinski definition) is 12. The number of thioether (sulfide) groups is 1. The maximum Gasteiger partial charge on any atom is 0.352 e. The molecule has 0 saturated carbocycles. The Labute approximate surface area is 204 Å². The predicted octanol–water partition coefficient (Wildman–Crippen LogP) is -1.76. The van der Waals surface area contributed by atoms with Crippen molar-refractivity contribution in [2.75, 3.05) is 18.6 Å². The van der Waals surface area contributed by atoms with Crippen LogP contribution < -0.4 is 15.7 Å². The second-order valence-corrected chi connectivity index (χ2v) is 9.24. The van der Waals surface area contributed by atoms with Crippen LogP contribution in [0.5, 0.6) is 0 Å². The summed E-state index contributed by atoms with van der Waals surface area (Å²) >= 11 is 2.21. The van der Waals surface area contributed by atoms with Crippen molar-refractivity contribution >= 4 is 57.4 Å². The van der Waals surface area contributed by atoms with Crippen LogP contribution in [0.4, 0.5) is 5.13 Å². The average Bonchev–Trinajstić information content (AvgIpc) is 3.48. The van der Waals surface area contributed by atoms with Crippen molar-refractivity contribution in [2.45, 2.75) is 18.0 Å². The molecule has 35 heavy (non-hydrogen) atoms. The van der Waals surface area contributed by atoms with Crippen LogP contribution in [0, 0.1) is 0 Å². The van der Waals surface area contributed by atoms with E-state index < -0.39 is 29.2 Å². The highest BCUT2D eigenvalue weighted by molar-refractivity contribution is 8.00. The lowest BCUT2D eigenvalue weighted by Gasteiger charge is -2.49. The molecule has 0 bridgehead atoms. The van der Waals surface area contributed by atoms with Crippen LogP contribution in [-0.4, -0.2) is 81.9 Å². The lowest BCUT2D eigenvalue weighted by molar-refractivity contribution is -0.746. The number of carbonyl (C=O) groups is 3. The Hall–Kier alpha value is -4.12. The average molecular weight is 518 g/mol. The third-order valence-electron chi connectivity index (χ3n) is 5.23. The van der Waals surface area contributed by atoms with Crippen molar-refractivity contribution in [3.05, 3.63) is 41.9 Å². The molecule has 2 unspecified atom stereocenters. The first-order chi connectivity index (χ1) is 16.9. The molecule has 5 heterocycles. The van der Waals surface area contributed by atoms with Gasteiger partial charge in [0.05, 0.1) is 6.20 Å². The number of nitrogens with one attached hydrogen (secondary N) is 1. The highest BCUT2D eigenvalue weighted by atomic mass is 32.2. The maximum absolute atomic E-state index is 13.0. The number of oxime groups is 1. The minimum absolute atomic E-state index is 0.0418. The number of amides is 2. The minimum atomic E-state index is -1.24. The number of rotatable bonds is 7. The van der Waals surface area contributed by atoms with Gasteiger partial charge < -0.3 is 21.0 Å². The Morgan fingerprint density at radius 3 is 3.00 bits per heavy atom. The number of hydrogen-bond donors (Lipinski definition) is 3. The first-order valence-electron chi connectivity index (χ1n) is 9.98. The monoisotopic (exact) mass is 517 g/mol. The van der Waals surface area contributed by atoms with Crippen molar-refractivity contribution < 1.29 is 29.0 Å². The Balaban J connectivity index is 1.36. The standard InChI is InChI=1S/C18H16N10O5S2/c1-33-24-10(13-23-18(19)35-25-13)14(29)22-11-15(30)28-12(17(31)32)8(6-34-16(11)28)4-26-5-9-2-3-20-27(9)7-21-26/h2-3,5,7,11,16H,4,6H2,1H3,(H3-,19,22,23,25,29,31,32)/p+1/b24-10-. The molecule has 15 nitrogen and oxygen atoms in total. The van der Waals surface area contributed by atoms with Gasteiger partial charge in [0.1, 0.15) is 29.7 Å². The summed E-state index contributed by atoms with van der Waals surface area (Å²) in [5.41, 5.74) is 6.51. The van der Waals surface area contributed by atoms with E-state index in [-0.39, 0.29) is 28.9 Å². The summed E-state index contributed by atoms with van der Waals surface area (Å²) < 4.78 is 7.11. The van der Waals surface area contributed by atoms with Crippen LogP contribution in [0.25, 0.3) is 5.52 Å². The number of carbonyl (C=O) groups excluding carboxylic acids is 2. The fourth-order valence-corrected chi connectivity index (χ4v) is 5.50. The zero-order valence-electron chi connectivity index (χ0n) is 17.9. The molecule has 2 atom stereocenters. The third kappa shape index (κ3) is 4.03. The Morgan fingerprint density at radius 2 is 2.29 bits per heavy atom. The third-order valence-corrected chi connectivity index (χ3v) is 7.11. The second-order valence-electron chi connectivity index (χ2n) is 7.36. The van der Waals surface area contributed by atoms with E-state index in [1.807, 2.05) is 0 Å². The highest BCUT2D eigenvalue weighted by Gasteiger charge is 2.55. The largest absolute Gasteiger partial charge is 0.477 e. The van der Waals surface area contributed by atoms with E-state index in [0.29, 0.717) is 11.3 Å². The molecule has 0 radical (unpaired) electrons. The van der Waals surface area contributed by atoms with Gasteiger partial charge in [-0.15, -0.1) is 11.8 Å². The van der Waals surface area contributed by atoms with Gasteiger partial charge in [0, 0.05) is 28.0 Å². The van der Waals surface area contributed by atoms with Gasteiger partial charge in [-0.2, -0.15) is 14.5 Å². The number of nitrogens with two attached hydrogens (primary N) is 1. The Bertz CT molecular complexity index is 1420. The lowest BCUT2D eigenvalue weighted by atomic mass is 10.0. The summed E-state index contributed by atoms with van der Waals surface area (Å²) in [5, 5.41) is 24.0. The first-order valence-corrected chi connectivity index (χ1v) is 11.8. The molecule has 2 amide bonds. The zero-order valence-corrected chi connectivity index (χ0v) is 19.6. The molecule has 5 rings (SSSR count). The van der Waals surface area contributed by atoms with Crippen molar-refractivity contribution in [3.63, 3.8) is 0 Å². The molecule has 1 fully saturated rings. The highest BCUT2D eigenvalue weighted by Crippen LogP contribution is 2.40. The number of fused-ring (bicyclic) bond motifs is 2. The number of β-lactam (4-membered cyclic amide) rings is 1. The molecule has 0 aromatic carbocycles. The molecule has 4 N–H and O–H groups in total. The molecular formula is C18H17N10O5S2+. The number of nitrogen functional groups attached to an aromatic ring is 1. The normalized spacial score (nSPS) is 20.0. The van der Waals surface area contributed by atoms with Crippen molar-refractivity contribution in [1.29, 1.82) is 0 Å². The fraction of sp³-hybridized carbons (Fsp3) is 0.278. The van der Waals surface area contributed by atoms with Gasteiger partial charge in [-0.3, -0.25) is 14.5 Å². The minimum Gasteiger partial charge on any atom is -0.477 e. The van der Waals surface area contributed by atoms with Gasteiger partial charge in [0.2, 0.25) is 17.7 Å². The van der Waals surface area contributed by atoms with E-state index in [1.165, 1.54) is 30.1 Å². The molecule has 17 heteroatoms. The number of carboxylic acids is 1. The first kappa shape index (κ1) is 22.7. The summed E-state index contributed by atoms with van der Waals surface area (Å²) in [6, 6.07) is 0.828. The molecule has 1 saturated heterocycles. The van der Waals surface area contributed by atoms with Gasteiger partial charge >= 0.3 is 5.97 Å². The van der Waals surface area contributed by atoms with Crippen LogP contribution in [0.1, 0.15) is 5.82 Å². The van der Waals surface area contributed by atoms with E-state index >= 15 is 0 Å². The number of carboxylic acid groups (broad SMARTS) is 1. The molecule has 3 aromatic rings. The summed E-state index contributed by atoms with van der Waals surface area (Å²) in [6.07, 6.45) is 4.87. The lowest BCUT2D eigenvalue weighted by Crippen LogP contribution is -2.71. The van der Waals surface area contributed by atoms with Gasteiger partial charge in [-0.1, -0.05) is 9.84 Å². The molecule has 2 aliphatic rings. The van der Waals surface area contributed by atoms with Gasteiger partial charge in [0.15, 0.2) is 18.0 Å². The van der Waals surface area contributed by atoms with Gasteiger partial charge in [0.25, 0.3) is 11.8 Å². The molecule has 0 spiro atoms. The zero-order chi connectivity index (χ0) is 24.7. The van der Waals surface area contributed by atoms with Crippen molar-refractivity contribution in [2.24, 2.45) is 5.16 Å². The molecular weight excluding hydrogens is 500 g/mol. The van der Waals surface area contributed by atoms with E-state index in [2.05, 4.69) is 30.0 Å². The smallest absolute Gasteiger partial charge is 0.352 e. The maximum atomic E-state index is 13.0. The van der Waals surface area contributed by atoms with Crippen LogP contribution in [0.2, 0.25) is 0 Å².